The van der Waals surface area contributed by atoms with E-state index < -0.39 is 11.7 Å². The zero-order valence-electron chi connectivity index (χ0n) is 11.9. The quantitative estimate of drug-likeness (QED) is 0.646. The number of carbonyl (C=O) groups excluding carboxylic acids is 1. The van der Waals surface area contributed by atoms with Crippen molar-refractivity contribution >= 4 is 11.9 Å². The Morgan fingerprint density at radius 1 is 1.47 bits per heavy atom. The molecular weight excluding hydrogens is 240 g/mol. The molecule has 4 heteroatoms. The molecule has 0 saturated heterocycles. The minimum atomic E-state index is -0.508. The van der Waals surface area contributed by atoms with Crippen LogP contribution in [-0.4, -0.2) is 16.7 Å². The van der Waals surface area contributed by atoms with E-state index in [-0.39, 0.29) is 0 Å². The Labute approximate surface area is 114 Å². The van der Waals surface area contributed by atoms with Gasteiger partial charge in [-0.3, -0.25) is 5.32 Å². The molecule has 0 aliphatic rings. The van der Waals surface area contributed by atoms with Gasteiger partial charge in [0.15, 0.2) is 0 Å². The summed E-state index contributed by atoms with van der Waals surface area (Å²) in [5.41, 5.74) is 0.446. The van der Waals surface area contributed by atoms with E-state index in [9.17, 15) is 4.79 Å². The van der Waals surface area contributed by atoms with Crippen LogP contribution < -0.4 is 5.32 Å². The van der Waals surface area contributed by atoms with Crippen molar-refractivity contribution in [3.8, 4) is 0 Å². The van der Waals surface area contributed by atoms with Gasteiger partial charge in [0.2, 0.25) is 0 Å². The predicted molar refractivity (Wildman–Crippen MR) is 77.2 cm³/mol. The third-order valence-electron chi connectivity index (χ3n) is 2.28. The van der Waals surface area contributed by atoms with Crippen LogP contribution in [0.15, 0.2) is 30.9 Å². The van der Waals surface area contributed by atoms with Crippen LogP contribution in [0.25, 0.3) is 0 Å². The number of hydrogen-bond acceptors (Lipinski definition) is 3. The first-order valence-electron chi connectivity index (χ1n) is 6.47. The average molecular weight is 262 g/mol. The fourth-order valence-corrected chi connectivity index (χ4v) is 1.52. The van der Waals surface area contributed by atoms with Crippen LogP contribution in [0.2, 0.25) is 0 Å². The molecule has 1 heterocycles. The number of amides is 1. The van der Waals surface area contributed by atoms with Crippen LogP contribution in [0.4, 0.5) is 10.6 Å². The Morgan fingerprint density at radius 3 is 2.84 bits per heavy atom. The molecule has 1 aromatic rings. The zero-order valence-corrected chi connectivity index (χ0v) is 11.9. The predicted octanol–water partition coefficient (Wildman–Crippen LogP) is 3.94. The molecule has 4 nitrogen and oxygen atoms in total. The molecule has 104 valence electrons. The van der Waals surface area contributed by atoms with E-state index in [1.54, 1.807) is 6.07 Å². The van der Waals surface area contributed by atoms with Gasteiger partial charge in [-0.2, -0.15) is 0 Å². The van der Waals surface area contributed by atoms with E-state index in [0.717, 1.165) is 25.0 Å². The Bertz CT molecular complexity index is 436. The summed E-state index contributed by atoms with van der Waals surface area (Å²) in [5.74, 6) is 0.519. The highest BCUT2D eigenvalue weighted by molar-refractivity contribution is 5.83. The van der Waals surface area contributed by atoms with Crippen molar-refractivity contribution in [3.63, 3.8) is 0 Å². The van der Waals surface area contributed by atoms with E-state index in [4.69, 9.17) is 4.74 Å². The van der Waals surface area contributed by atoms with Gasteiger partial charge in [-0.15, -0.1) is 6.58 Å². The fourth-order valence-electron chi connectivity index (χ4n) is 1.52. The lowest BCUT2D eigenvalue weighted by Gasteiger charge is -2.19. The maximum absolute atomic E-state index is 11.6. The smallest absolute Gasteiger partial charge is 0.413 e. The maximum Gasteiger partial charge on any atom is 0.413 e. The molecular formula is C15H22N2O2. The molecule has 19 heavy (non-hydrogen) atoms. The molecule has 0 radical (unpaired) electrons. The number of rotatable bonds is 5. The molecule has 0 bridgehead atoms. The highest BCUT2D eigenvalue weighted by Gasteiger charge is 2.16. The van der Waals surface area contributed by atoms with E-state index >= 15 is 0 Å². The number of aryl methyl sites for hydroxylation is 1. The molecule has 1 rings (SSSR count). The van der Waals surface area contributed by atoms with Gasteiger partial charge in [-0.25, -0.2) is 9.78 Å². The minimum Gasteiger partial charge on any atom is -0.444 e. The van der Waals surface area contributed by atoms with E-state index in [2.05, 4.69) is 16.9 Å². The lowest BCUT2D eigenvalue weighted by Crippen LogP contribution is -2.27. The summed E-state index contributed by atoms with van der Waals surface area (Å²) in [7, 11) is 0. The number of hydrogen-bond donors (Lipinski definition) is 1. The topological polar surface area (TPSA) is 51.2 Å². The number of unbranched alkanes of at least 4 members (excludes halogenated alkanes) is 1. The summed E-state index contributed by atoms with van der Waals surface area (Å²) in [4.78, 5) is 16.0. The van der Waals surface area contributed by atoms with Crippen LogP contribution in [-0.2, 0) is 11.2 Å². The Hall–Kier alpha value is -1.84. The summed E-state index contributed by atoms with van der Waals surface area (Å²) >= 11 is 0. The molecule has 0 fully saturated rings. The number of anilines is 1. The standard InChI is InChI=1S/C15H22N2O2/c1-5-6-7-9-12-10-8-11-13(16-12)17-14(18)19-15(2,3)4/h5,8,10-11H,1,6-7,9H2,2-4H3,(H,16,17,18). The average Bonchev–Trinajstić information content (AvgIpc) is 2.27. The number of ether oxygens (including phenoxy) is 1. The van der Waals surface area contributed by atoms with Crippen molar-refractivity contribution in [1.82, 2.24) is 4.98 Å². The zero-order chi connectivity index (χ0) is 14.3. The molecule has 0 atom stereocenters. The largest absolute Gasteiger partial charge is 0.444 e. The van der Waals surface area contributed by atoms with Gasteiger partial charge in [0, 0.05) is 5.69 Å². The first-order chi connectivity index (χ1) is 8.90. The third kappa shape index (κ3) is 6.60. The second kappa shape index (κ2) is 6.92. The second-order valence-electron chi connectivity index (χ2n) is 5.32. The van der Waals surface area contributed by atoms with Gasteiger partial charge < -0.3 is 4.74 Å². The van der Waals surface area contributed by atoms with E-state index in [1.807, 2.05) is 39.0 Å². The number of nitrogens with zero attached hydrogens (tertiary/aromatic N) is 1. The van der Waals surface area contributed by atoms with Crippen molar-refractivity contribution in [2.45, 2.75) is 45.6 Å². The van der Waals surface area contributed by atoms with Crippen molar-refractivity contribution in [2.24, 2.45) is 0 Å². The highest BCUT2D eigenvalue weighted by atomic mass is 16.6. The van der Waals surface area contributed by atoms with Gasteiger partial charge in [0.25, 0.3) is 0 Å². The molecule has 0 aliphatic carbocycles. The lowest BCUT2D eigenvalue weighted by atomic mass is 10.2. The van der Waals surface area contributed by atoms with Crippen LogP contribution in [0, 0.1) is 0 Å². The van der Waals surface area contributed by atoms with Crippen LogP contribution in [0.3, 0.4) is 0 Å². The highest BCUT2D eigenvalue weighted by Crippen LogP contribution is 2.11. The first kappa shape index (κ1) is 15.2. The molecule has 1 amide bonds. The maximum atomic E-state index is 11.6. The first-order valence-corrected chi connectivity index (χ1v) is 6.47. The number of carbonyl (C=O) groups is 1. The van der Waals surface area contributed by atoms with Crippen LogP contribution >= 0.6 is 0 Å². The van der Waals surface area contributed by atoms with Gasteiger partial charge in [0.05, 0.1) is 0 Å². The molecule has 0 unspecified atom stereocenters. The monoisotopic (exact) mass is 262 g/mol. The number of aromatic nitrogens is 1. The third-order valence-corrected chi connectivity index (χ3v) is 2.28. The van der Waals surface area contributed by atoms with Gasteiger partial charge in [0.1, 0.15) is 11.4 Å². The Morgan fingerprint density at radius 2 is 2.21 bits per heavy atom. The molecule has 1 aromatic heterocycles. The SMILES string of the molecule is C=CCCCc1cccc(NC(=O)OC(C)(C)C)n1. The number of pyridine rings is 1. The molecule has 0 aliphatic heterocycles. The fraction of sp³-hybridized carbons (Fsp3) is 0.467. The van der Waals surface area contributed by atoms with Crippen molar-refractivity contribution < 1.29 is 9.53 Å². The Balaban J connectivity index is 2.56. The van der Waals surface area contributed by atoms with Crippen LogP contribution in [0.1, 0.15) is 39.3 Å². The number of allylic oxidation sites excluding steroid dienone is 1. The molecule has 0 saturated carbocycles. The summed E-state index contributed by atoms with van der Waals surface area (Å²) in [5, 5.41) is 2.64. The molecule has 1 N–H and O–H groups in total. The van der Waals surface area contributed by atoms with Gasteiger partial charge in [-0.1, -0.05) is 12.1 Å². The van der Waals surface area contributed by atoms with Crippen LogP contribution in [0.5, 0.6) is 0 Å². The molecule has 0 aromatic carbocycles. The Kier molecular flexibility index (Phi) is 5.55. The second-order valence-corrected chi connectivity index (χ2v) is 5.32. The summed E-state index contributed by atoms with van der Waals surface area (Å²) in [6.45, 7) is 9.16. The van der Waals surface area contributed by atoms with Gasteiger partial charge in [-0.05, 0) is 52.2 Å². The molecule has 0 spiro atoms. The summed E-state index contributed by atoms with van der Waals surface area (Å²) in [6.07, 6.45) is 4.25. The van der Waals surface area contributed by atoms with Crippen molar-refractivity contribution in [3.05, 3.63) is 36.5 Å². The lowest BCUT2D eigenvalue weighted by molar-refractivity contribution is 0.0635. The van der Waals surface area contributed by atoms with Crippen molar-refractivity contribution in [2.75, 3.05) is 5.32 Å². The number of nitrogens with one attached hydrogen (secondary N) is 1. The summed E-state index contributed by atoms with van der Waals surface area (Å²) in [6, 6.07) is 5.58. The minimum absolute atomic E-state index is 0.483. The van der Waals surface area contributed by atoms with E-state index in [1.165, 1.54) is 0 Å². The normalized spacial score (nSPS) is 10.9. The summed E-state index contributed by atoms with van der Waals surface area (Å²) < 4.78 is 5.18. The van der Waals surface area contributed by atoms with Gasteiger partial charge >= 0.3 is 6.09 Å². The van der Waals surface area contributed by atoms with E-state index in [0.29, 0.717) is 5.82 Å². The van der Waals surface area contributed by atoms with Crippen molar-refractivity contribution in [1.29, 1.82) is 0 Å².